The molecule has 0 fully saturated rings. The maximum absolute atomic E-state index is 15.2. The van der Waals surface area contributed by atoms with Crippen molar-refractivity contribution < 1.29 is 49.9 Å². The summed E-state index contributed by atoms with van der Waals surface area (Å²) < 4.78 is 103. The molecule has 0 aliphatic heterocycles. The summed E-state index contributed by atoms with van der Waals surface area (Å²) in [6.07, 6.45) is -4.01. The van der Waals surface area contributed by atoms with Crippen molar-refractivity contribution in [2.24, 2.45) is 0 Å². The molecule has 1 heterocycles. The molecular weight excluding hydrogens is 491 g/mol. The number of hydrogen-bond acceptors (Lipinski definition) is 6. The number of hydrogen-bond donors (Lipinski definition) is 1. The molecule has 0 aliphatic carbocycles. The van der Waals surface area contributed by atoms with E-state index in [9.17, 15) is 27.2 Å². The summed E-state index contributed by atoms with van der Waals surface area (Å²) >= 11 is 0. The fourth-order valence-corrected chi connectivity index (χ4v) is 3.01. The van der Waals surface area contributed by atoms with Crippen LogP contribution in [0.15, 0.2) is 36.5 Å². The van der Waals surface area contributed by atoms with Gasteiger partial charge in [-0.1, -0.05) is 6.07 Å². The summed E-state index contributed by atoms with van der Waals surface area (Å²) in [6, 6.07) is 4.73. The van der Waals surface area contributed by atoms with Gasteiger partial charge in [0.05, 0.1) is 11.2 Å². The van der Waals surface area contributed by atoms with E-state index in [1.54, 1.807) is 6.92 Å². The first-order valence-corrected chi connectivity index (χ1v) is 10.00. The molecule has 0 saturated carbocycles. The number of aromatic nitrogens is 1. The molecule has 1 aromatic heterocycles. The van der Waals surface area contributed by atoms with Gasteiger partial charge in [-0.25, -0.2) is 4.39 Å². The Bertz CT molecular complexity index is 1450. The molecule has 36 heavy (non-hydrogen) atoms. The van der Waals surface area contributed by atoms with Crippen molar-refractivity contribution in [3.05, 3.63) is 70.5 Å². The van der Waals surface area contributed by atoms with Gasteiger partial charge in [-0.05, 0) is 49.2 Å². The normalized spacial score (nSPS) is 12.7. The van der Waals surface area contributed by atoms with Crippen LogP contribution in [0.4, 0.5) is 27.6 Å². The Balaban J connectivity index is 2.09. The van der Waals surface area contributed by atoms with Crippen molar-refractivity contribution in [3.63, 3.8) is 0 Å². The molecule has 1 amide bonds. The number of ether oxygens (including phenoxy) is 3. The Kier molecular flexibility index (Phi) is 6.29. The molecule has 2 aromatic carbocycles. The lowest BCUT2D eigenvalue weighted by atomic mass is 10.1. The first kappa shape index (κ1) is 22.3. The van der Waals surface area contributed by atoms with Gasteiger partial charge in [-0.15, -0.1) is 13.2 Å². The summed E-state index contributed by atoms with van der Waals surface area (Å²) in [5, 5.41) is 2.42. The molecule has 0 atom stereocenters. The van der Waals surface area contributed by atoms with Crippen molar-refractivity contribution in [2.75, 3.05) is 12.4 Å². The van der Waals surface area contributed by atoms with E-state index in [-0.39, 0.29) is 16.9 Å². The van der Waals surface area contributed by atoms with Crippen LogP contribution < -0.4 is 19.5 Å². The fraction of sp³-hybridized carbons (Fsp3) is 0.208. The number of pyridine rings is 1. The van der Waals surface area contributed by atoms with Crippen LogP contribution in [-0.4, -0.2) is 30.1 Å². The van der Waals surface area contributed by atoms with Crippen LogP contribution in [0.5, 0.6) is 23.0 Å². The van der Waals surface area contributed by atoms with E-state index in [0.717, 1.165) is 6.07 Å². The van der Waals surface area contributed by atoms with Gasteiger partial charge < -0.3 is 19.5 Å². The molecule has 3 aromatic rings. The smallest absolute Gasteiger partial charge is 0.490 e. The topological polar surface area (TPSA) is 86.8 Å². The molecular formula is C24H19F5N2O5. The zero-order chi connectivity index (χ0) is 29.3. The molecule has 0 unspecified atom stereocenters. The summed E-state index contributed by atoms with van der Waals surface area (Å²) in [4.78, 5) is 28.7. The van der Waals surface area contributed by atoms with Crippen molar-refractivity contribution in [3.8, 4) is 23.0 Å². The van der Waals surface area contributed by atoms with Gasteiger partial charge in [0.1, 0.15) is 22.8 Å². The van der Waals surface area contributed by atoms with Crippen molar-refractivity contribution in [1.29, 1.82) is 0 Å². The number of alkyl halides is 3. The van der Waals surface area contributed by atoms with Crippen molar-refractivity contribution in [1.82, 2.24) is 4.98 Å². The fourth-order valence-electron chi connectivity index (χ4n) is 3.01. The third-order valence-electron chi connectivity index (χ3n) is 4.81. The molecule has 0 radical (unpaired) electrons. The molecule has 12 heteroatoms. The third kappa shape index (κ3) is 5.70. The Hall–Kier alpha value is -4.22. The number of benzene rings is 2. The lowest BCUT2D eigenvalue weighted by molar-refractivity contribution is -0.275. The highest BCUT2D eigenvalue weighted by molar-refractivity contribution is 6.07. The maximum Gasteiger partial charge on any atom is 0.573 e. The highest BCUT2D eigenvalue weighted by Crippen LogP contribution is 2.41. The van der Waals surface area contributed by atoms with Crippen LogP contribution in [0.2, 0.25) is 0 Å². The Morgan fingerprint density at radius 3 is 2.31 bits per heavy atom. The average molecular weight is 513 g/mol. The number of carbonyl (C=O) groups excluding carboxylic acids is 2. The number of anilines is 1. The predicted octanol–water partition coefficient (Wildman–Crippen LogP) is 6.13. The van der Waals surface area contributed by atoms with Crippen LogP contribution in [0, 0.1) is 25.5 Å². The molecule has 0 saturated heterocycles. The third-order valence-corrected chi connectivity index (χ3v) is 4.81. The number of nitrogens with zero attached hydrogens (tertiary/aromatic N) is 1. The van der Waals surface area contributed by atoms with E-state index in [1.165, 1.54) is 32.2 Å². The first-order chi connectivity index (χ1) is 18.0. The SMILES string of the molecule is [2H]C([2H])([2H])Oc1c(Oc2ccc(C)c(F)c2C(=O)Nc2cc(C(C)=O)ncc2C)ccc(OC(F)(F)F)c1F. The van der Waals surface area contributed by atoms with Gasteiger partial charge in [0.25, 0.3) is 5.91 Å². The minimum atomic E-state index is -5.32. The molecule has 3 rings (SSSR count). The van der Waals surface area contributed by atoms with Gasteiger partial charge in [-0.2, -0.15) is 4.39 Å². The van der Waals surface area contributed by atoms with E-state index in [4.69, 9.17) is 8.85 Å². The van der Waals surface area contributed by atoms with E-state index < -0.39 is 65.3 Å². The number of Topliss-reactive ketones (excluding diaryl/α,β-unsaturated/α-hetero) is 1. The molecule has 0 aliphatic rings. The van der Waals surface area contributed by atoms with Crippen molar-refractivity contribution >= 4 is 17.4 Å². The predicted molar refractivity (Wildman–Crippen MR) is 118 cm³/mol. The standard InChI is InChI=1S/C24H19F5N2O5/c1-11-5-6-16(35-18-8-7-17(36-24(27,28)29)21(26)22(18)34-4)19(20(11)25)23(33)31-14-9-15(13(3)32)30-10-12(14)2/h5-10H,1-4H3,(H,30,31,33)/i4D3. The first-order valence-electron chi connectivity index (χ1n) is 11.5. The minimum absolute atomic E-state index is 0.0116. The number of rotatable bonds is 7. The number of ketones is 1. The maximum atomic E-state index is 15.2. The lowest BCUT2D eigenvalue weighted by Crippen LogP contribution is -2.18. The van der Waals surface area contributed by atoms with Crippen molar-refractivity contribution in [2.45, 2.75) is 27.1 Å². The molecule has 7 nitrogen and oxygen atoms in total. The summed E-state index contributed by atoms with van der Waals surface area (Å²) in [6.45, 7) is 4.13. The van der Waals surface area contributed by atoms with Gasteiger partial charge in [0.2, 0.25) is 11.6 Å². The Labute approximate surface area is 206 Å². The second-order valence-corrected chi connectivity index (χ2v) is 7.42. The summed E-state index contributed by atoms with van der Waals surface area (Å²) in [5.74, 6) is -8.51. The molecule has 190 valence electrons. The molecule has 0 spiro atoms. The Morgan fingerprint density at radius 2 is 1.67 bits per heavy atom. The van der Waals surface area contributed by atoms with Gasteiger partial charge >= 0.3 is 6.36 Å². The number of carbonyl (C=O) groups is 2. The lowest BCUT2D eigenvalue weighted by Gasteiger charge is -2.17. The van der Waals surface area contributed by atoms with Gasteiger partial charge in [0, 0.05) is 18.8 Å². The molecule has 1 N–H and O–H groups in total. The largest absolute Gasteiger partial charge is 0.573 e. The highest BCUT2D eigenvalue weighted by atomic mass is 19.4. The van der Waals surface area contributed by atoms with Crippen LogP contribution in [0.3, 0.4) is 0 Å². The quantitative estimate of drug-likeness (QED) is 0.302. The number of amides is 1. The van der Waals surface area contributed by atoms with E-state index in [2.05, 4.69) is 19.8 Å². The second-order valence-electron chi connectivity index (χ2n) is 7.42. The van der Waals surface area contributed by atoms with E-state index >= 15 is 4.39 Å². The molecule has 0 bridgehead atoms. The zero-order valence-corrected chi connectivity index (χ0v) is 18.8. The minimum Gasteiger partial charge on any atom is -0.490 e. The number of methoxy groups -OCH3 is 1. The van der Waals surface area contributed by atoms with E-state index in [0.29, 0.717) is 17.7 Å². The van der Waals surface area contributed by atoms with Crippen LogP contribution in [0.1, 0.15) is 43.0 Å². The summed E-state index contributed by atoms with van der Waals surface area (Å²) in [5.41, 5.74) is -0.188. The summed E-state index contributed by atoms with van der Waals surface area (Å²) in [7, 11) is -3.35. The second kappa shape index (κ2) is 10.2. The van der Waals surface area contributed by atoms with Gasteiger partial charge in [0.15, 0.2) is 17.3 Å². The Morgan fingerprint density at radius 1 is 1.00 bits per heavy atom. The zero-order valence-electron chi connectivity index (χ0n) is 21.8. The number of halogens is 5. The van der Waals surface area contributed by atoms with Crippen LogP contribution in [-0.2, 0) is 0 Å². The van der Waals surface area contributed by atoms with Crippen LogP contribution >= 0.6 is 0 Å². The van der Waals surface area contributed by atoms with Gasteiger partial charge in [-0.3, -0.25) is 14.6 Å². The average Bonchev–Trinajstić information content (AvgIpc) is 2.80. The van der Waals surface area contributed by atoms with E-state index in [1.807, 2.05) is 0 Å². The van der Waals surface area contributed by atoms with Crippen LogP contribution in [0.25, 0.3) is 0 Å². The number of aryl methyl sites for hydroxylation is 2. The number of nitrogens with one attached hydrogen (secondary N) is 1. The monoisotopic (exact) mass is 513 g/mol. The highest BCUT2D eigenvalue weighted by Gasteiger charge is 2.34.